The van der Waals surface area contributed by atoms with Crippen LogP contribution in [0.5, 0.6) is 5.75 Å². The predicted octanol–water partition coefficient (Wildman–Crippen LogP) is 2.20. The maximum atomic E-state index is 11.4. The first-order valence-electron chi connectivity index (χ1n) is 6.63. The van der Waals surface area contributed by atoms with E-state index in [4.69, 9.17) is 4.74 Å². The van der Waals surface area contributed by atoms with Gasteiger partial charge in [-0.15, -0.1) is 0 Å². The second kappa shape index (κ2) is 5.61. The summed E-state index contributed by atoms with van der Waals surface area (Å²) in [6, 6.07) is 8.12. The van der Waals surface area contributed by atoms with E-state index in [1.165, 1.54) is 0 Å². The van der Waals surface area contributed by atoms with Gasteiger partial charge in [0, 0.05) is 25.0 Å². The molecule has 1 aliphatic heterocycles. The molecule has 0 aliphatic carbocycles. The van der Waals surface area contributed by atoms with Crippen molar-refractivity contribution in [3.8, 4) is 5.75 Å². The molecule has 1 saturated heterocycles. The van der Waals surface area contributed by atoms with E-state index < -0.39 is 5.97 Å². The van der Waals surface area contributed by atoms with E-state index in [1.807, 2.05) is 24.3 Å². The third-order valence-electron chi connectivity index (χ3n) is 3.94. The van der Waals surface area contributed by atoms with Gasteiger partial charge in [0.1, 0.15) is 5.75 Å². The van der Waals surface area contributed by atoms with Crippen molar-refractivity contribution in [2.24, 2.45) is 5.92 Å². The number of nitrogens with zero attached hydrogens (tertiary/aromatic N) is 1. The van der Waals surface area contributed by atoms with Crippen molar-refractivity contribution >= 4 is 5.97 Å². The molecule has 1 aromatic rings. The van der Waals surface area contributed by atoms with Crippen molar-refractivity contribution in [2.75, 3.05) is 20.2 Å². The fraction of sp³-hybridized carbons (Fsp3) is 0.533. The van der Waals surface area contributed by atoms with Crippen molar-refractivity contribution in [1.82, 2.24) is 4.90 Å². The average Bonchev–Trinajstić information content (AvgIpc) is 2.84. The van der Waals surface area contributed by atoms with Crippen LogP contribution in [0.15, 0.2) is 24.3 Å². The van der Waals surface area contributed by atoms with Crippen molar-refractivity contribution < 1.29 is 14.6 Å². The number of aliphatic carboxylic acids is 1. The first-order valence-corrected chi connectivity index (χ1v) is 6.63. The normalized spacial score (nSPS) is 23.8. The topological polar surface area (TPSA) is 49.8 Å². The highest BCUT2D eigenvalue weighted by Crippen LogP contribution is 2.34. The van der Waals surface area contributed by atoms with Crippen LogP contribution in [0.4, 0.5) is 0 Å². The molecule has 2 atom stereocenters. The van der Waals surface area contributed by atoms with Gasteiger partial charge in [-0.1, -0.05) is 12.1 Å². The summed E-state index contributed by atoms with van der Waals surface area (Å²) >= 11 is 0. The predicted molar refractivity (Wildman–Crippen MR) is 73.6 cm³/mol. The van der Waals surface area contributed by atoms with E-state index in [2.05, 4.69) is 18.7 Å². The number of carboxylic acid groups (broad SMARTS) is 1. The van der Waals surface area contributed by atoms with E-state index in [1.54, 1.807) is 7.11 Å². The first-order chi connectivity index (χ1) is 9.02. The molecule has 1 N–H and O–H groups in total. The highest BCUT2D eigenvalue weighted by molar-refractivity contribution is 5.72. The number of hydrogen-bond acceptors (Lipinski definition) is 3. The van der Waals surface area contributed by atoms with Gasteiger partial charge in [0.2, 0.25) is 0 Å². The lowest BCUT2D eigenvalue weighted by atomic mass is 9.89. The van der Waals surface area contributed by atoms with Crippen molar-refractivity contribution in [2.45, 2.75) is 25.8 Å². The molecule has 104 valence electrons. The smallest absolute Gasteiger partial charge is 0.308 e. The van der Waals surface area contributed by atoms with Gasteiger partial charge < -0.3 is 9.84 Å². The molecular weight excluding hydrogens is 242 g/mol. The fourth-order valence-electron chi connectivity index (χ4n) is 2.69. The van der Waals surface area contributed by atoms with Crippen LogP contribution in [0.1, 0.15) is 25.3 Å². The molecule has 4 nitrogen and oxygen atoms in total. The lowest BCUT2D eigenvalue weighted by molar-refractivity contribution is -0.141. The van der Waals surface area contributed by atoms with Crippen LogP contribution in [0.3, 0.4) is 0 Å². The summed E-state index contributed by atoms with van der Waals surface area (Å²) in [7, 11) is 1.63. The molecule has 0 aromatic heterocycles. The lowest BCUT2D eigenvalue weighted by Crippen LogP contribution is -2.29. The van der Waals surface area contributed by atoms with Crippen LogP contribution < -0.4 is 4.74 Å². The van der Waals surface area contributed by atoms with Gasteiger partial charge in [0.25, 0.3) is 0 Å². The molecule has 1 heterocycles. The Hall–Kier alpha value is -1.55. The lowest BCUT2D eigenvalue weighted by Gasteiger charge is -2.20. The zero-order chi connectivity index (χ0) is 14.0. The van der Waals surface area contributed by atoms with Crippen LogP contribution in [0.25, 0.3) is 0 Å². The zero-order valence-corrected chi connectivity index (χ0v) is 11.7. The molecule has 0 bridgehead atoms. The maximum absolute atomic E-state index is 11.4. The SMILES string of the molecule is COc1ccc(C2CN(C(C)C)CC2C(=O)O)cc1. The zero-order valence-electron chi connectivity index (χ0n) is 11.7. The van der Waals surface area contributed by atoms with Crippen LogP contribution in [0.2, 0.25) is 0 Å². The minimum absolute atomic E-state index is 0.0609. The van der Waals surface area contributed by atoms with E-state index in [0.29, 0.717) is 12.6 Å². The molecule has 0 spiro atoms. The Balaban J connectivity index is 2.22. The Labute approximate surface area is 114 Å². The Morgan fingerprint density at radius 1 is 1.32 bits per heavy atom. The number of hydrogen-bond donors (Lipinski definition) is 1. The number of likely N-dealkylation sites (tertiary alicyclic amines) is 1. The molecule has 2 unspecified atom stereocenters. The summed E-state index contributed by atoms with van der Waals surface area (Å²) in [4.78, 5) is 13.7. The van der Waals surface area contributed by atoms with E-state index in [-0.39, 0.29) is 11.8 Å². The van der Waals surface area contributed by atoms with Crippen molar-refractivity contribution in [1.29, 1.82) is 0 Å². The highest BCUT2D eigenvalue weighted by atomic mass is 16.5. The van der Waals surface area contributed by atoms with Crippen molar-refractivity contribution in [3.63, 3.8) is 0 Å². The molecule has 1 aromatic carbocycles. The third-order valence-corrected chi connectivity index (χ3v) is 3.94. The second-order valence-electron chi connectivity index (χ2n) is 5.37. The summed E-state index contributed by atoms with van der Waals surface area (Å²) in [6.07, 6.45) is 0. The Kier molecular flexibility index (Phi) is 4.10. The van der Waals surface area contributed by atoms with Crippen LogP contribution in [0, 0.1) is 5.92 Å². The quantitative estimate of drug-likeness (QED) is 0.904. The summed E-state index contributed by atoms with van der Waals surface area (Å²) in [5.74, 6) is -0.167. The summed E-state index contributed by atoms with van der Waals surface area (Å²) in [5, 5.41) is 9.39. The second-order valence-corrected chi connectivity index (χ2v) is 5.37. The average molecular weight is 263 g/mol. The molecule has 0 saturated carbocycles. The molecule has 0 amide bonds. The monoisotopic (exact) mass is 263 g/mol. The van der Waals surface area contributed by atoms with Crippen LogP contribution in [-0.4, -0.2) is 42.2 Å². The molecule has 4 heteroatoms. The van der Waals surface area contributed by atoms with Gasteiger partial charge in [-0.3, -0.25) is 9.69 Å². The van der Waals surface area contributed by atoms with Gasteiger partial charge in [0.05, 0.1) is 13.0 Å². The molecule has 2 rings (SSSR count). The van der Waals surface area contributed by atoms with Gasteiger partial charge in [-0.2, -0.15) is 0 Å². The molecule has 0 radical (unpaired) electrons. The first kappa shape index (κ1) is 13.9. The number of carboxylic acids is 1. The third kappa shape index (κ3) is 2.89. The molecule has 19 heavy (non-hydrogen) atoms. The van der Waals surface area contributed by atoms with Crippen LogP contribution >= 0.6 is 0 Å². The minimum Gasteiger partial charge on any atom is -0.497 e. The number of ether oxygens (including phenoxy) is 1. The van der Waals surface area contributed by atoms with Gasteiger partial charge in [0.15, 0.2) is 0 Å². The van der Waals surface area contributed by atoms with E-state index >= 15 is 0 Å². The number of carbonyl (C=O) groups is 1. The minimum atomic E-state index is -0.705. The summed E-state index contributed by atoms with van der Waals surface area (Å²) < 4.78 is 5.14. The molecular formula is C15H21NO3. The Morgan fingerprint density at radius 3 is 2.42 bits per heavy atom. The summed E-state index contributed by atoms with van der Waals surface area (Å²) in [5.41, 5.74) is 1.08. The number of methoxy groups -OCH3 is 1. The van der Waals surface area contributed by atoms with E-state index in [0.717, 1.165) is 17.9 Å². The van der Waals surface area contributed by atoms with Crippen LogP contribution in [-0.2, 0) is 4.79 Å². The molecule has 1 fully saturated rings. The highest BCUT2D eigenvalue weighted by Gasteiger charge is 2.39. The fourth-order valence-corrected chi connectivity index (χ4v) is 2.69. The standard InChI is InChI=1S/C15H21NO3/c1-10(2)16-8-13(14(9-16)15(17)18)11-4-6-12(19-3)7-5-11/h4-7,10,13-14H,8-9H2,1-3H3,(H,17,18). The van der Waals surface area contributed by atoms with Gasteiger partial charge >= 0.3 is 5.97 Å². The van der Waals surface area contributed by atoms with E-state index in [9.17, 15) is 9.90 Å². The number of benzene rings is 1. The van der Waals surface area contributed by atoms with Gasteiger partial charge in [-0.05, 0) is 31.5 Å². The summed E-state index contributed by atoms with van der Waals surface area (Å²) in [6.45, 7) is 5.65. The Morgan fingerprint density at radius 2 is 1.95 bits per heavy atom. The molecule has 1 aliphatic rings. The largest absolute Gasteiger partial charge is 0.497 e. The maximum Gasteiger partial charge on any atom is 0.308 e. The van der Waals surface area contributed by atoms with Gasteiger partial charge in [-0.25, -0.2) is 0 Å². The number of rotatable bonds is 4. The van der Waals surface area contributed by atoms with Crippen molar-refractivity contribution in [3.05, 3.63) is 29.8 Å². The Bertz CT molecular complexity index is 441.